The van der Waals surface area contributed by atoms with Crippen molar-refractivity contribution >= 4 is 54.4 Å². The van der Waals surface area contributed by atoms with E-state index in [1.165, 1.54) is 0 Å². The fourth-order valence-electron chi connectivity index (χ4n) is 4.24. The summed E-state index contributed by atoms with van der Waals surface area (Å²) in [6.07, 6.45) is 0. The predicted molar refractivity (Wildman–Crippen MR) is 118 cm³/mol. The Morgan fingerprint density at radius 2 is 1.39 bits per heavy atom. The van der Waals surface area contributed by atoms with Gasteiger partial charge >= 0.3 is 0 Å². The van der Waals surface area contributed by atoms with Gasteiger partial charge in [-0.25, -0.2) is 0 Å². The van der Waals surface area contributed by atoms with Gasteiger partial charge in [0.05, 0.1) is 27.7 Å². The third-order valence-corrected chi connectivity index (χ3v) is 5.59. The summed E-state index contributed by atoms with van der Waals surface area (Å²) in [7, 11) is 0. The van der Waals surface area contributed by atoms with Crippen molar-refractivity contribution in [3.8, 4) is 12.1 Å². The molecule has 4 nitrogen and oxygen atoms in total. The Morgan fingerprint density at radius 1 is 0.710 bits per heavy atom. The second-order valence-corrected chi connectivity index (χ2v) is 7.20. The summed E-state index contributed by atoms with van der Waals surface area (Å²) in [5, 5.41) is 25.1. The SMILES string of the molecule is N#Cc1cc2nc3c4[c-]cccc4c4ccc5ccccc5c4c3nc2cc1C#N.[Pt]. The van der Waals surface area contributed by atoms with Crippen molar-refractivity contribution in [1.82, 2.24) is 9.97 Å². The second-order valence-electron chi connectivity index (χ2n) is 7.20. The summed E-state index contributed by atoms with van der Waals surface area (Å²) in [4.78, 5) is 9.84. The number of benzene rings is 5. The Morgan fingerprint density at radius 3 is 2.13 bits per heavy atom. The first-order valence-electron chi connectivity index (χ1n) is 9.48. The van der Waals surface area contributed by atoms with Crippen LogP contribution in [0.25, 0.3) is 54.4 Å². The van der Waals surface area contributed by atoms with Gasteiger partial charge in [-0.15, -0.1) is 29.7 Å². The summed E-state index contributed by atoms with van der Waals surface area (Å²) in [6.45, 7) is 0. The minimum Gasteiger partial charge on any atom is -0.292 e. The molecule has 0 radical (unpaired) electrons. The quantitative estimate of drug-likeness (QED) is 0.131. The molecule has 5 aromatic carbocycles. The summed E-state index contributed by atoms with van der Waals surface area (Å²) >= 11 is 0. The van der Waals surface area contributed by atoms with E-state index < -0.39 is 0 Å². The van der Waals surface area contributed by atoms with Crippen molar-refractivity contribution in [2.75, 3.05) is 0 Å². The van der Waals surface area contributed by atoms with Crippen LogP contribution in [0.15, 0.2) is 66.7 Å². The number of aromatic nitrogens is 2. The summed E-state index contributed by atoms with van der Waals surface area (Å²) in [5.41, 5.74) is 3.32. The molecule has 0 atom stereocenters. The Bertz CT molecular complexity index is 1770. The maximum absolute atomic E-state index is 9.42. The molecule has 1 aromatic heterocycles. The summed E-state index contributed by atoms with van der Waals surface area (Å²) < 4.78 is 0. The maximum atomic E-state index is 9.42. The van der Waals surface area contributed by atoms with E-state index in [2.05, 4.69) is 48.5 Å². The fourth-order valence-corrected chi connectivity index (χ4v) is 4.24. The molecule has 0 saturated heterocycles. The molecule has 0 aliphatic rings. The van der Waals surface area contributed by atoms with Crippen molar-refractivity contribution in [1.29, 1.82) is 10.5 Å². The zero-order chi connectivity index (χ0) is 20.2. The van der Waals surface area contributed by atoms with Crippen LogP contribution in [-0.4, -0.2) is 9.97 Å². The van der Waals surface area contributed by atoms with Crippen LogP contribution < -0.4 is 0 Å². The van der Waals surface area contributed by atoms with E-state index >= 15 is 0 Å². The van der Waals surface area contributed by atoms with Crippen LogP contribution in [0.3, 0.4) is 0 Å². The molecule has 6 aromatic rings. The largest absolute Gasteiger partial charge is 0.292 e. The van der Waals surface area contributed by atoms with Crippen LogP contribution in [0.5, 0.6) is 0 Å². The minimum atomic E-state index is 0. The molecule has 146 valence electrons. The van der Waals surface area contributed by atoms with Crippen molar-refractivity contribution in [2.45, 2.75) is 0 Å². The van der Waals surface area contributed by atoms with Gasteiger partial charge in [0.15, 0.2) is 0 Å². The molecular weight excluding hydrogens is 563 g/mol. The van der Waals surface area contributed by atoms with Crippen molar-refractivity contribution in [3.05, 3.63) is 83.9 Å². The van der Waals surface area contributed by atoms with E-state index in [9.17, 15) is 10.5 Å². The molecule has 0 amide bonds. The molecule has 0 spiro atoms. The first-order valence-corrected chi connectivity index (χ1v) is 9.48. The number of hydrogen-bond acceptors (Lipinski definition) is 4. The molecule has 31 heavy (non-hydrogen) atoms. The van der Waals surface area contributed by atoms with Crippen LogP contribution in [0.4, 0.5) is 0 Å². The molecule has 0 bridgehead atoms. The molecule has 6 rings (SSSR count). The molecule has 1 heterocycles. The van der Waals surface area contributed by atoms with E-state index in [0.29, 0.717) is 22.2 Å². The summed E-state index contributed by atoms with van der Waals surface area (Å²) in [5.74, 6) is 0. The average molecular weight is 574 g/mol. The Kier molecular flexibility index (Phi) is 4.40. The monoisotopic (exact) mass is 574 g/mol. The molecule has 0 unspecified atom stereocenters. The zero-order valence-electron chi connectivity index (χ0n) is 16.0. The normalized spacial score (nSPS) is 10.9. The summed E-state index contributed by atoms with van der Waals surface area (Å²) in [6, 6.07) is 29.2. The number of fused-ring (bicyclic) bond motifs is 9. The Hall–Kier alpha value is -3.85. The van der Waals surface area contributed by atoms with E-state index in [0.717, 1.165) is 43.4 Å². The third-order valence-electron chi connectivity index (χ3n) is 5.59. The Labute approximate surface area is 191 Å². The van der Waals surface area contributed by atoms with Crippen LogP contribution in [0.1, 0.15) is 11.1 Å². The van der Waals surface area contributed by atoms with Crippen LogP contribution in [0, 0.1) is 28.7 Å². The van der Waals surface area contributed by atoms with Gasteiger partial charge in [0, 0.05) is 26.6 Å². The zero-order valence-corrected chi connectivity index (χ0v) is 18.2. The van der Waals surface area contributed by atoms with Gasteiger partial charge in [0.1, 0.15) is 12.1 Å². The van der Waals surface area contributed by atoms with E-state index in [-0.39, 0.29) is 21.1 Å². The maximum Gasteiger partial charge on any atom is 0.101 e. The van der Waals surface area contributed by atoms with Crippen LogP contribution >= 0.6 is 0 Å². The number of nitrogens with zero attached hydrogens (tertiary/aromatic N) is 4. The number of hydrogen-bond donors (Lipinski definition) is 0. The minimum absolute atomic E-state index is 0. The smallest absolute Gasteiger partial charge is 0.101 e. The van der Waals surface area contributed by atoms with Crippen LogP contribution in [0.2, 0.25) is 0 Å². The van der Waals surface area contributed by atoms with E-state index in [4.69, 9.17) is 9.97 Å². The van der Waals surface area contributed by atoms with E-state index in [1.54, 1.807) is 12.1 Å². The molecule has 0 fully saturated rings. The van der Waals surface area contributed by atoms with Gasteiger partial charge in [-0.2, -0.15) is 10.5 Å². The third kappa shape index (κ3) is 2.70. The molecule has 0 N–H and O–H groups in total. The first kappa shape index (κ1) is 19.1. The molecule has 5 heteroatoms. The van der Waals surface area contributed by atoms with Gasteiger partial charge in [-0.1, -0.05) is 47.2 Å². The van der Waals surface area contributed by atoms with Gasteiger partial charge in [-0.3, -0.25) is 9.97 Å². The van der Waals surface area contributed by atoms with Gasteiger partial charge in [-0.05, 0) is 28.3 Å². The number of rotatable bonds is 0. The second kappa shape index (κ2) is 7.13. The molecule has 0 aliphatic carbocycles. The fraction of sp³-hybridized carbons (Fsp3) is 0. The van der Waals surface area contributed by atoms with Crippen molar-refractivity contribution in [3.63, 3.8) is 0 Å². The van der Waals surface area contributed by atoms with Crippen LogP contribution in [-0.2, 0) is 21.1 Å². The molecular formula is C26H11N4Pt-. The number of nitriles is 2. The molecule has 0 aliphatic heterocycles. The average Bonchev–Trinajstić information content (AvgIpc) is 2.81. The topological polar surface area (TPSA) is 73.4 Å². The standard InChI is InChI=1S/C26H11N4.Pt/c27-13-16-11-22-23(12-17(16)14-28)30-26-24-18-6-2-1-5-15(18)9-10-20(24)19-7-3-4-8-21(19)25(26)29-22;/h1-7,9-12H;/q-1;. The van der Waals surface area contributed by atoms with Gasteiger partial charge < -0.3 is 0 Å². The van der Waals surface area contributed by atoms with E-state index in [1.807, 2.05) is 24.3 Å². The Balaban J connectivity index is 0.00000204. The van der Waals surface area contributed by atoms with Crippen molar-refractivity contribution < 1.29 is 21.1 Å². The predicted octanol–water partition coefficient (Wildman–Crippen LogP) is 5.78. The van der Waals surface area contributed by atoms with Gasteiger partial charge in [0.2, 0.25) is 0 Å². The molecule has 0 saturated carbocycles. The van der Waals surface area contributed by atoms with Gasteiger partial charge in [0.25, 0.3) is 0 Å². The van der Waals surface area contributed by atoms with Crippen molar-refractivity contribution in [2.24, 2.45) is 0 Å². The first-order chi connectivity index (χ1) is 14.8.